The summed E-state index contributed by atoms with van der Waals surface area (Å²) < 4.78 is 7.45. The number of nitrogens with one attached hydrogen (secondary N) is 1. The number of hydrogen-bond acceptors (Lipinski definition) is 6. The maximum absolute atomic E-state index is 12.4. The van der Waals surface area contributed by atoms with E-state index in [0.717, 1.165) is 16.7 Å². The van der Waals surface area contributed by atoms with Crippen LogP contribution in [0.1, 0.15) is 22.8 Å². The number of aliphatic hydroxyl groups excluding tert-OH is 1. The molecule has 0 saturated heterocycles. The summed E-state index contributed by atoms with van der Waals surface area (Å²) in [6, 6.07) is 21.2. The monoisotopic (exact) mass is 448 g/mol. The number of thioether (sulfide) groups is 1. The Morgan fingerprint density at radius 3 is 2.59 bits per heavy atom. The molecule has 2 aromatic heterocycles. The molecule has 1 amide bonds. The summed E-state index contributed by atoms with van der Waals surface area (Å²) in [4.78, 5) is 12.4. The Hall–Kier alpha value is -3.36. The van der Waals surface area contributed by atoms with Gasteiger partial charge in [0, 0.05) is 6.54 Å². The van der Waals surface area contributed by atoms with E-state index in [1.165, 1.54) is 11.8 Å². The smallest absolute Gasteiger partial charge is 0.230 e. The number of furan rings is 1. The van der Waals surface area contributed by atoms with Gasteiger partial charge in [-0.1, -0.05) is 71.9 Å². The lowest BCUT2D eigenvalue weighted by molar-refractivity contribution is -0.119. The van der Waals surface area contributed by atoms with Crippen LogP contribution in [0.4, 0.5) is 0 Å². The number of aliphatic hydroxyl groups is 1. The van der Waals surface area contributed by atoms with E-state index in [-0.39, 0.29) is 18.2 Å². The molecule has 1 unspecified atom stereocenters. The predicted molar refractivity (Wildman–Crippen MR) is 123 cm³/mol. The average molecular weight is 449 g/mol. The van der Waals surface area contributed by atoms with Gasteiger partial charge in [0.15, 0.2) is 10.9 Å². The Labute approximate surface area is 190 Å². The van der Waals surface area contributed by atoms with Crippen LogP contribution < -0.4 is 5.32 Å². The van der Waals surface area contributed by atoms with E-state index >= 15 is 0 Å². The minimum atomic E-state index is -0.753. The molecule has 1 atom stereocenters. The summed E-state index contributed by atoms with van der Waals surface area (Å²) in [6.07, 6.45) is 0.841. The Balaban J connectivity index is 1.40. The van der Waals surface area contributed by atoms with Crippen LogP contribution >= 0.6 is 11.8 Å². The lowest BCUT2D eigenvalue weighted by Crippen LogP contribution is -2.29. The first-order valence-corrected chi connectivity index (χ1v) is 11.2. The van der Waals surface area contributed by atoms with Gasteiger partial charge in [0.05, 0.1) is 24.7 Å². The Kier molecular flexibility index (Phi) is 7.03. The van der Waals surface area contributed by atoms with Gasteiger partial charge in [-0.25, -0.2) is 0 Å². The van der Waals surface area contributed by atoms with Gasteiger partial charge in [-0.05, 0) is 30.2 Å². The van der Waals surface area contributed by atoms with Gasteiger partial charge in [0.25, 0.3) is 0 Å². The maximum atomic E-state index is 12.4. The minimum absolute atomic E-state index is 0.150. The lowest BCUT2D eigenvalue weighted by Gasteiger charge is -2.13. The lowest BCUT2D eigenvalue weighted by atomic mass is 10.1. The van der Waals surface area contributed by atoms with E-state index in [2.05, 4.69) is 15.5 Å². The second kappa shape index (κ2) is 10.3. The Bertz CT molecular complexity index is 1140. The number of aromatic nitrogens is 3. The third-order valence-electron chi connectivity index (χ3n) is 4.93. The highest BCUT2D eigenvalue weighted by Crippen LogP contribution is 2.25. The third kappa shape index (κ3) is 5.46. The fraction of sp³-hybridized carbons (Fsp3) is 0.208. The number of nitrogens with zero attached hydrogens (tertiary/aromatic N) is 3. The number of carbonyl (C=O) groups excluding carboxylic acids is 1. The summed E-state index contributed by atoms with van der Waals surface area (Å²) in [5, 5.41) is 22.3. The van der Waals surface area contributed by atoms with Crippen LogP contribution in [0.3, 0.4) is 0 Å². The van der Waals surface area contributed by atoms with Gasteiger partial charge in [-0.2, -0.15) is 0 Å². The van der Waals surface area contributed by atoms with Gasteiger partial charge in [0.1, 0.15) is 0 Å². The molecule has 0 saturated carbocycles. The van der Waals surface area contributed by atoms with Crippen molar-refractivity contribution in [1.82, 2.24) is 20.1 Å². The van der Waals surface area contributed by atoms with Crippen LogP contribution in [0.2, 0.25) is 0 Å². The largest absolute Gasteiger partial charge is 0.461 e. The van der Waals surface area contributed by atoms with Gasteiger partial charge in [-0.15, -0.1) is 10.2 Å². The van der Waals surface area contributed by atoms with E-state index in [4.69, 9.17) is 4.42 Å². The van der Waals surface area contributed by atoms with Crippen LogP contribution in [0.15, 0.2) is 82.6 Å². The first-order chi connectivity index (χ1) is 15.6. The molecule has 32 heavy (non-hydrogen) atoms. The van der Waals surface area contributed by atoms with Crippen LogP contribution in [0, 0.1) is 6.92 Å². The Morgan fingerprint density at radius 2 is 1.88 bits per heavy atom. The molecule has 0 bridgehead atoms. The molecule has 2 heterocycles. The quantitative estimate of drug-likeness (QED) is 0.378. The summed E-state index contributed by atoms with van der Waals surface area (Å²) in [5.41, 5.74) is 2.98. The number of aryl methyl sites for hydroxylation is 1. The molecule has 0 aliphatic rings. The zero-order valence-corrected chi connectivity index (χ0v) is 18.5. The number of carbonyl (C=O) groups is 1. The van der Waals surface area contributed by atoms with Crippen molar-refractivity contribution < 1.29 is 14.3 Å². The van der Waals surface area contributed by atoms with Crippen molar-refractivity contribution in [3.8, 4) is 11.6 Å². The summed E-state index contributed by atoms with van der Waals surface area (Å²) in [5.74, 6) is 1.20. The van der Waals surface area contributed by atoms with E-state index in [1.54, 1.807) is 12.3 Å². The van der Waals surface area contributed by atoms with Crippen LogP contribution in [0.25, 0.3) is 11.6 Å². The molecule has 2 N–H and O–H groups in total. The van der Waals surface area contributed by atoms with Crippen molar-refractivity contribution in [1.29, 1.82) is 0 Å². The van der Waals surface area contributed by atoms with Crippen molar-refractivity contribution in [2.45, 2.75) is 24.7 Å². The highest BCUT2D eigenvalue weighted by molar-refractivity contribution is 7.99. The predicted octanol–water partition coefficient (Wildman–Crippen LogP) is 3.84. The van der Waals surface area contributed by atoms with Crippen molar-refractivity contribution in [2.24, 2.45) is 0 Å². The molecule has 8 heteroatoms. The number of benzene rings is 2. The zero-order valence-electron chi connectivity index (χ0n) is 17.6. The van der Waals surface area contributed by atoms with Crippen LogP contribution in [-0.2, 0) is 11.3 Å². The van der Waals surface area contributed by atoms with Crippen molar-refractivity contribution >= 4 is 17.7 Å². The van der Waals surface area contributed by atoms with Crippen LogP contribution in [-0.4, -0.2) is 38.1 Å². The van der Waals surface area contributed by atoms with E-state index in [0.29, 0.717) is 23.3 Å². The SMILES string of the molecule is Cc1ccc(C(O)CNC(=O)CSc2nnc(-c3ccco3)n2Cc2ccccc2)cc1. The third-order valence-corrected chi connectivity index (χ3v) is 5.90. The van der Waals surface area contributed by atoms with Gasteiger partial charge < -0.3 is 14.8 Å². The molecule has 0 fully saturated rings. The zero-order chi connectivity index (χ0) is 22.3. The molecule has 0 spiro atoms. The Morgan fingerprint density at radius 1 is 1.09 bits per heavy atom. The van der Waals surface area contributed by atoms with Gasteiger partial charge in [0.2, 0.25) is 11.7 Å². The molecular formula is C24H24N4O3S. The second-order valence-corrected chi connectivity index (χ2v) is 8.32. The number of rotatable bonds is 9. The average Bonchev–Trinajstić information content (AvgIpc) is 3.47. The van der Waals surface area contributed by atoms with Crippen LogP contribution in [0.5, 0.6) is 0 Å². The highest BCUT2D eigenvalue weighted by atomic mass is 32.2. The molecule has 0 aliphatic heterocycles. The van der Waals surface area contributed by atoms with Crippen molar-refractivity contribution in [2.75, 3.05) is 12.3 Å². The minimum Gasteiger partial charge on any atom is -0.461 e. The topological polar surface area (TPSA) is 93.2 Å². The van der Waals surface area contributed by atoms with E-state index < -0.39 is 6.10 Å². The highest BCUT2D eigenvalue weighted by Gasteiger charge is 2.18. The summed E-state index contributed by atoms with van der Waals surface area (Å²) >= 11 is 1.30. The second-order valence-electron chi connectivity index (χ2n) is 7.37. The van der Waals surface area contributed by atoms with Gasteiger partial charge >= 0.3 is 0 Å². The fourth-order valence-electron chi connectivity index (χ4n) is 3.19. The van der Waals surface area contributed by atoms with Gasteiger partial charge in [-0.3, -0.25) is 9.36 Å². The fourth-order valence-corrected chi connectivity index (χ4v) is 3.96. The molecule has 4 rings (SSSR count). The molecule has 0 aliphatic carbocycles. The van der Waals surface area contributed by atoms with E-state index in [1.807, 2.05) is 72.2 Å². The molecular weight excluding hydrogens is 424 g/mol. The number of hydrogen-bond donors (Lipinski definition) is 2. The molecule has 7 nitrogen and oxygen atoms in total. The van der Waals surface area contributed by atoms with Crippen molar-refractivity contribution in [3.63, 3.8) is 0 Å². The summed E-state index contributed by atoms with van der Waals surface area (Å²) in [7, 11) is 0. The van der Waals surface area contributed by atoms with Crippen molar-refractivity contribution in [3.05, 3.63) is 89.7 Å². The standard InChI is InChI=1S/C24H24N4O3S/c1-17-9-11-19(12-10-17)20(29)14-25-22(30)16-32-24-27-26-23(21-8-5-13-31-21)28(24)15-18-6-3-2-4-7-18/h2-13,20,29H,14-16H2,1H3,(H,25,30). The molecule has 0 radical (unpaired) electrons. The molecule has 4 aromatic rings. The first-order valence-electron chi connectivity index (χ1n) is 10.3. The first kappa shape index (κ1) is 21.9. The molecule has 164 valence electrons. The number of amides is 1. The van der Waals surface area contributed by atoms with E-state index in [9.17, 15) is 9.90 Å². The normalized spacial score (nSPS) is 11.9. The summed E-state index contributed by atoms with van der Waals surface area (Å²) in [6.45, 7) is 2.69. The maximum Gasteiger partial charge on any atom is 0.230 e. The molecule has 2 aromatic carbocycles.